The molecule has 1 saturated heterocycles. The van der Waals surface area contributed by atoms with Crippen LogP contribution >= 0.6 is 0 Å². The zero-order valence-electron chi connectivity index (χ0n) is 11.5. The van der Waals surface area contributed by atoms with Crippen LogP contribution in [0.3, 0.4) is 0 Å². The first-order chi connectivity index (χ1) is 9.34. The highest BCUT2D eigenvalue weighted by molar-refractivity contribution is 7.89. The number of nitrogen functional groups attached to an aromatic ring is 1. The predicted molar refractivity (Wildman–Crippen MR) is 74.3 cm³/mol. The number of carbonyl (C=O) groups is 1. The van der Waals surface area contributed by atoms with E-state index < -0.39 is 16.1 Å². The molecule has 8 heteroatoms. The predicted octanol–water partition coefficient (Wildman–Crippen LogP) is -0.0949. The summed E-state index contributed by atoms with van der Waals surface area (Å²) in [5, 5.41) is 0. The summed E-state index contributed by atoms with van der Waals surface area (Å²) in [6, 6.07) is 2.21. The number of likely N-dealkylation sites (N-methyl/N-ethyl adjacent to an activating group) is 1. The Balaban J connectivity index is 2.33. The van der Waals surface area contributed by atoms with E-state index in [1.807, 2.05) is 0 Å². The molecule has 7 nitrogen and oxygen atoms in total. The largest absolute Gasteiger partial charge is 0.384 e. The molecule has 1 aliphatic rings. The molecule has 2 heterocycles. The first-order valence-electron chi connectivity index (χ1n) is 6.28. The summed E-state index contributed by atoms with van der Waals surface area (Å²) >= 11 is 0. The van der Waals surface area contributed by atoms with Gasteiger partial charge in [-0.1, -0.05) is 0 Å². The summed E-state index contributed by atoms with van der Waals surface area (Å²) in [5.74, 6) is 0.0563. The van der Waals surface area contributed by atoms with Crippen molar-refractivity contribution >= 4 is 21.7 Å². The third-order valence-electron chi connectivity index (χ3n) is 3.30. The number of amides is 1. The SMILES string of the molecule is CN(C)C(=O)C1CCCN1S(=O)(=O)c1ccc(N)nc1. The van der Waals surface area contributed by atoms with Crippen LogP contribution < -0.4 is 5.73 Å². The molecule has 1 atom stereocenters. The second-order valence-electron chi connectivity index (χ2n) is 4.93. The van der Waals surface area contributed by atoms with Crippen molar-refractivity contribution in [2.45, 2.75) is 23.8 Å². The van der Waals surface area contributed by atoms with Gasteiger partial charge in [0.15, 0.2) is 0 Å². The summed E-state index contributed by atoms with van der Waals surface area (Å²) in [6.07, 6.45) is 2.44. The van der Waals surface area contributed by atoms with Crippen molar-refractivity contribution in [1.82, 2.24) is 14.2 Å². The van der Waals surface area contributed by atoms with Crippen molar-refractivity contribution in [2.75, 3.05) is 26.4 Å². The standard InChI is InChI=1S/C12H18N4O3S/c1-15(2)12(17)10-4-3-7-16(10)20(18,19)9-5-6-11(13)14-8-9/h5-6,8,10H,3-4,7H2,1-2H3,(H2,13,14). The van der Waals surface area contributed by atoms with Crippen LogP contribution in [0.5, 0.6) is 0 Å². The van der Waals surface area contributed by atoms with E-state index in [9.17, 15) is 13.2 Å². The van der Waals surface area contributed by atoms with Crippen molar-refractivity contribution in [2.24, 2.45) is 0 Å². The molecule has 0 aromatic carbocycles. The minimum Gasteiger partial charge on any atom is -0.384 e. The molecule has 110 valence electrons. The molecule has 0 saturated carbocycles. The lowest BCUT2D eigenvalue weighted by Crippen LogP contribution is -2.45. The van der Waals surface area contributed by atoms with Gasteiger partial charge >= 0.3 is 0 Å². The minimum atomic E-state index is -3.72. The normalized spacial score (nSPS) is 20.0. The van der Waals surface area contributed by atoms with Crippen LogP contribution in [0, 0.1) is 0 Å². The Morgan fingerprint density at radius 3 is 2.70 bits per heavy atom. The van der Waals surface area contributed by atoms with Gasteiger partial charge in [-0.15, -0.1) is 0 Å². The summed E-state index contributed by atoms with van der Waals surface area (Å²) in [5.41, 5.74) is 5.46. The van der Waals surface area contributed by atoms with Gasteiger partial charge in [0.1, 0.15) is 16.8 Å². The molecule has 0 bridgehead atoms. The van der Waals surface area contributed by atoms with Gasteiger partial charge in [-0.05, 0) is 25.0 Å². The number of sulfonamides is 1. The second-order valence-corrected chi connectivity index (χ2v) is 6.82. The van der Waals surface area contributed by atoms with E-state index in [0.29, 0.717) is 19.4 Å². The van der Waals surface area contributed by atoms with Gasteiger partial charge in [0, 0.05) is 26.8 Å². The van der Waals surface area contributed by atoms with E-state index in [1.54, 1.807) is 14.1 Å². The van der Waals surface area contributed by atoms with Crippen LogP contribution in [0.25, 0.3) is 0 Å². The minimum absolute atomic E-state index is 0.0603. The third-order valence-corrected chi connectivity index (χ3v) is 5.19. The number of nitrogens with zero attached hydrogens (tertiary/aromatic N) is 3. The lowest BCUT2D eigenvalue weighted by atomic mass is 10.2. The van der Waals surface area contributed by atoms with Crippen molar-refractivity contribution in [3.8, 4) is 0 Å². The number of rotatable bonds is 3. The van der Waals surface area contributed by atoms with Crippen LogP contribution in [-0.4, -0.2) is 55.2 Å². The van der Waals surface area contributed by atoms with Crippen molar-refractivity contribution in [3.63, 3.8) is 0 Å². The maximum atomic E-state index is 12.6. The fourth-order valence-corrected chi connectivity index (χ4v) is 3.85. The Morgan fingerprint density at radius 1 is 1.45 bits per heavy atom. The molecule has 2 rings (SSSR count). The maximum absolute atomic E-state index is 12.6. The third kappa shape index (κ3) is 2.61. The molecule has 0 spiro atoms. The molecule has 1 fully saturated rings. The van der Waals surface area contributed by atoms with Gasteiger partial charge in [0.2, 0.25) is 15.9 Å². The van der Waals surface area contributed by atoms with E-state index in [2.05, 4.69) is 4.98 Å². The molecule has 20 heavy (non-hydrogen) atoms. The van der Waals surface area contributed by atoms with Gasteiger partial charge in [-0.25, -0.2) is 13.4 Å². The van der Waals surface area contributed by atoms with Gasteiger partial charge in [0.25, 0.3) is 0 Å². The van der Waals surface area contributed by atoms with E-state index in [1.165, 1.54) is 27.5 Å². The number of pyridine rings is 1. The number of carbonyl (C=O) groups excluding carboxylic acids is 1. The van der Waals surface area contributed by atoms with Gasteiger partial charge < -0.3 is 10.6 Å². The number of hydrogen-bond acceptors (Lipinski definition) is 5. The summed E-state index contributed by atoms with van der Waals surface area (Å²) in [4.78, 5) is 17.3. The lowest BCUT2D eigenvalue weighted by Gasteiger charge is -2.25. The highest BCUT2D eigenvalue weighted by Crippen LogP contribution is 2.26. The van der Waals surface area contributed by atoms with Gasteiger partial charge in [0.05, 0.1) is 0 Å². The van der Waals surface area contributed by atoms with Crippen LogP contribution in [0.4, 0.5) is 5.82 Å². The fraction of sp³-hybridized carbons (Fsp3) is 0.500. The van der Waals surface area contributed by atoms with E-state index in [0.717, 1.165) is 0 Å². The molecule has 1 aliphatic heterocycles. The molecule has 1 aromatic heterocycles. The van der Waals surface area contributed by atoms with E-state index >= 15 is 0 Å². The lowest BCUT2D eigenvalue weighted by molar-refractivity contribution is -0.132. The Bertz CT molecular complexity index is 598. The molecule has 2 N–H and O–H groups in total. The smallest absolute Gasteiger partial charge is 0.245 e. The van der Waals surface area contributed by atoms with Crippen molar-refractivity contribution in [3.05, 3.63) is 18.3 Å². The summed E-state index contributed by atoms with van der Waals surface area (Å²) in [7, 11) is -0.473. The first kappa shape index (κ1) is 14.7. The number of hydrogen-bond donors (Lipinski definition) is 1. The molecule has 0 radical (unpaired) electrons. The molecule has 1 unspecified atom stereocenters. The Kier molecular flexibility index (Phi) is 3.96. The Labute approximate surface area is 118 Å². The first-order valence-corrected chi connectivity index (χ1v) is 7.72. The van der Waals surface area contributed by atoms with Crippen LogP contribution in [0.1, 0.15) is 12.8 Å². The van der Waals surface area contributed by atoms with E-state index in [-0.39, 0.29) is 16.6 Å². The monoisotopic (exact) mass is 298 g/mol. The Morgan fingerprint density at radius 2 is 2.15 bits per heavy atom. The van der Waals surface area contributed by atoms with Crippen LogP contribution in [0.2, 0.25) is 0 Å². The van der Waals surface area contributed by atoms with Gasteiger partial charge in [-0.3, -0.25) is 4.79 Å². The molecule has 0 aliphatic carbocycles. The molecule has 1 amide bonds. The average molecular weight is 298 g/mol. The van der Waals surface area contributed by atoms with Crippen molar-refractivity contribution < 1.29 is 13.2 Å². The zero-order chi connectivity index (χ0) is 14.9. The molecule has 1 aromatic rings. The van der Waals surface area contributed by atoms with Crippen LogP contribution in [0.15, 0.2) is 23.2 Å². The zero-order valence-corrected chi connectivity index (χ0v) is 12.3. The molecular weight excluding hydrogens is 280 g/mol. The van der Waals surface area contributed by atoms with Crippen LogP contribution in [-0.2, 0) is 14.8 Å². The van der Waals surface area contributed by atoms with Crippen molar-refractivity contribution in [1.29, 1.82) is 0 Å². The highest BCUT2D eigenvalue weighted by Gasteiger charge is 2.40. The number of anilines is 1. The average Bonchev–Trinajstić information content (AvgIpc) is 2.88. The number of aromatic nitrogens is 1. The van der Waals surface area contributed by atoms with Gasteiger partial charge in [-0.2, -0.15) is 4.31 Å². The highest BCUT2D eigenvalue weighted by atomic mass is 32.2. The summed E-state index contributed by atoms with van der Waals surface area (Å²) < 4.78 is 26.4. The second kappa shape index (κ2) is 5.37. The molecular formula is C12H18N4O3S. The van der Waals surface area contributed by atoms with E-state index in [4.69, 9.17) is 5.73 Å². The topological polar surface area (TPSA) is 96.6 Å². The quantitative estimate of drug-likeness (QED) is 0.841. The summed E-state index contributed by atoms with van der Waals surface area (Å²) in [6.45, 7) is 0.344. The number of nitrogens with two attached hydrogens (primary N) is 1. The Hall–Kier alpha value is -1.67. The fourth-order valence-electron chi connectivity index (χ4n) is 2.25. The maximum Gasteiger partial charge on any atom is 0.245 e.